The van der Waals surface area contributed by atoms with Gasteiger partial charge in [-0.15, -0.1) is 0 Å². The number of benzene rings is 2. The predicted octanol–water partition coefficient (Wildman–Crippen LogP) is 6.20. The van der Waals surface area contributed by atoms with Crippen LogP contribution in [0.15, 0.2) is 54.1 Å². The number of carbonyl (C=O) groups excluding carboxylic acids is 1. The number of rotatable bonds is 2. The lowest BCUT2D eigenvalue weighted by atomic mass is 9.50. The molecule has 0 aliphatic heterocycles. The second kappa shape index (κ2) is 7.16. The molecule has 2 fully saturated rings. The van der Waals surface area contributed by atoms with Gasteiger partial charge >= 0.3 is 0 Å². The summed E-state index contributed by atoms with van der Waals surface area (Å²) in [4.78, 5) is 13.6. The van der Waals surface area contributed by atoms with Gasteiger partial charge in [0.2, 0.25) is 0 Å². The van der Waals surface area contributed by atoms with Gasteiger partial charge in [0.25, 0.3) is 0 Å². The van der Waals surface area contributed by atoms with Gasteiger partial charge in [-0.2, -0.15) is 0 Å². The zero-order valence-electron chi connectivity index (χ0n) is 17.5. The number of carbonyl (C=O) groups is 1. The average molecular weight is 387 g/mol. The van der Waals surface area contributed by atoms with E-state index in [1.165, 1.54) is 17.5 Å². The summed E-state index contributed by atoms with van der Waals surface area (Å²) in [6.45, 7) is 2.26. The Balaban J connectivity index is 1.44. The van der Waals surface area contributed by atoms with Crippen molar-refractivity contribution in [2.45, 2.75) is 51.4 Å². The van der Waals surface area contributed by atoms with Crippen molar-refractivity contribution in [3.63, 3.8) is 0 Å². The molecule has 2 saturated carbocycles. The van der Waals surface area contributed by atoms with Crippen LogP contribution in [0.3, 0.4) is 0 Å². The van der Waals surface area contributed by atoms with E-state index in [-0.39, 0.29) is 5.41 Å². The van der Waals surface area contributed by atoms with Gasteiger partial charge in [0.15, 0.2) is 5.78 Å². The minimum atomic E-state index is -0.190. The summed E-state index contributed by atoms with van der Waals surface area (Å²) in [5.74, 6) is 3.13. The Kier molecular flexibility index (Phi) is 4.61. The van der Waals surface area contributed by atoms with Crippen molar-refractivity contribution >= 4 is 11.9 Å². The molecule has 2 nitrogen and oxygen atoms in total. The second-order valence-electron chi connectivity index (χ2n) is 9.38. The second-order valence-corrected chi connectivity index (χ2v) is 9.38. The predicted molar refractivity (Wildman–Crippen MR) is 117 cm³/mol. The zero-order chi connectivity index (χ0) is 20.0. The molecule has 2 aromatic carbocycles. The first-order valence-corrected chi connectivity index (χ1v) is 11.1. The molecule has 2 heteroatoms. The number of ketones is 1. The van der Waals surface area contributed by atoms with Gasteiger partial charge < -0.3 is 4.74 Å². The van der Waals surface area contributed by atoms with Gasteiger partial charge in [0.1, 0.15) is 5.75 Å². The summed E-state index contributed by atoms with van der Waals surface area (Å²) in [5, 5.41) is 0. The Bertz CT molecular complexity index is 958. The van der Waals surface area contributed by atoms with Crippen molar-refractivity contribution in [2.24, 2.45) is 17.3 Å². The lowest BCUT2D eigenvalue weighted by Gasteiger charge is -2.53. The largest absolute Gasteiger partial charge is 0.497 e. The van der Waals surface area contributed by atoms with Gasteiger partial charge in [-0.05, 0) is 96.8 Å². The van der Waals surface area contributed by atoms with E-state index in [1.807, 2.05) is 18.2 Å². The molecule has 3 aliphatic rings. The highest BCUT2D eigenvalue weighted by Crippen LogP contribution is 2.59. The standard InChI is InChI=1S/C27H30O2/c1-27-15-14-23-22-12-10-21(29-2)17-19(22)8-11-24(23)25(27)13-9-20(26(27)28)16-18-6-4-3-5-7-18/h3-7,10,12,16-17,23-25H,8-9,11,13-15H2,1-2H3/b20-16+/t23-,24-,25-,27+/m0/s1. The third-order valence-corrected chi connectivity index (χ3v) is 8.00. The first kappa shape index (κ1) is 18.7. The van der Waals surface area contributed by atoms with Crippen LogP contribution in [0.2, 0.25) is 0 Å². The molecular weight excluding hydrogens is 356 g/mol. The van der Waals surface area contributed by atoms with Crippen molar-refractivity contribution in [3.05, 3.63) is 70.8 Å². The number of hydrogen-bond acceptors (Lipinski definition) is 2. The fourth-order valence-corrected chi connectivity index (χ4v) is 6.50. The van der Waals surface area contributed by atoms with E-state index in [9.17, 15) is 4.79 Å². The molecule has 0 saturated heterocycles. The van der Waals surface area contributed by atoms with Crippen LogP contribution < -0.4 is 4.74 Å². The Hall–Kier alpha value is -2.35. The van der Waals surface area contributed by atoms with Crippen LogP contribution in [-0.2, 0) is 11.2 Å². The molecule has 5 rings (SSSR count). The maximum Gasteiger partial charge on any atom is 0.165 e. The number of aryl methyl sites for hydroxylation is 1. The van der Waals surface area contributed by atoms with Crippen LogP contribution in [0, 0.1) is 17.3 Å². The summed E-state index contributed by atoms with van der Waals surface area (Å²) in [6.07, 6.45) is 8.66. The molecule has 150 valence electrons. The molecule has 0 heterocycles. The first-order chi connectivity index (χ1) is 14.1. The smallest absolute Gasteiger partial charge is 0.165 e. The maximum absolute atomic E-state index is 13.6. The van der Waals surface area contributed by atoms with Crippen LogP contribution in [0.5, 0.6) is 5.75 Å². The van der Waals surface area contributed by atoms with Crippen LogP contribution in [0.4, 0.5) is 0 Å². The number of ether oxygens (including phenoxy) is 1. The minimum absolute atomic E-state index is 0.190. The highest BCUT2D eigenvalue weighted by molar-refractivity contribution is 6.04. The van der Waals surface area contributed by atoms with Gasteiger partial charge in [-0.1, -0.05) is 43.3 Å². The minimum Gasteiger partial charge on any atom is -0.497 e. The Labute approximate surface area is 174 Å². The topological polar surface area (TPSA) is 26.3 Å². The molecule has 29 heavy (non-hydrogen) atoms. The third-order valence-electron chi connectivity index (χ3n) is 8.00. The summed E-state index contributed by atoms with van der Waals surface area (Å²) in [6, 6.07) is 16.9. The van der Waals surface area contributed by atoms with Crippen LogP contribution >= 0.6 is 0 Å². The van der Waals surface area contributed by atoms with Gasteiger partial charge in [-0.3, -0.25) is 4.79 Å². The van der Waals surface area contributed by atoms with E-state index in [4.69, 9.17) is 4.74 Å². The number of methoxy groups -OCH3 is 1. The number of fused-ring (bicyclic) bond motifs is 5. The Morgan fingerprint density at radius 2 is 1.86 bits per heavy atom. The third kappa shape index (κ3) is 3.04. The quantitative estimate of drug-likeness (QED) is 0.574. The van der Waals surface area contributed by atoms with E-state index in [1.54, 1.807) is 7.11 Å². The molecule has 0 unspecified atom stereocenters. The molecule has 4 atom stereocenters. The molecule has 0 spiro atoms. The van der Waals surface area contributed by atoms with Crippen LogP contribution in [0.25, 0.3) is 6.08 Å². The lowest BCUT2D eigenvalue weighted by Crippen LogP contribution is -2.49. The van der Waals surface area contributed by atoms with E-state index in [0.29, 0.717) is 23.5 Å². The summed E-state index contributed by atoms with van der Waals surface area (Å²) in [7, 11) is 1.74. The normalized spacial score (nSPS) is 32.3. The fraction of sp³-hybridized carbons (Fsp3) is 0.444. The molecule has 0 bridgehead atoms. The monoisotopic (exact) mass is 386 g/mol. The number of Topliss-reactive ketones (excluding diaryl/α,β-unsaturated/α-hetero) is 1. The van der Waals surface area contributed by atoms with Gasteiger partial charge in [0, 0.05) is 5.41 Å². The van der Waals surface area contributed by atoms with Crippen molar-refractivity contribution in [1.82, 2.24) is 0 Å². The molecule has 0 aromatic heterocycles. The van der Waals surface area contributed by atoms with Crippen molar-refractivity contribution in [3.8, 4) is 5.75 Å². The summed E-state index contributed by atoms with van der Waals surface area (Å²) < 4.78 is 5.44. The number of allylic oxidation sites excluding steroid dienone is 1. The zero-order valence-corrected chi connectivity index (χ0v) is 17.5. The molecule has 0 N–H and O–H groups in total. The SMILES string of the molecule is COc1ccc2c(c1)CC[C@H]1[C@H]2CC[C@@]2(C)C(=O)/C(=C/c3ccccc3)CC[C@@H]12. The highest BCUT2D eigenvalue weighted by atomic mass is 16.5. The van der Waals surface area contributed by atoms with E-state index >= 15 is 0 Å². The van der Waals surface area contributed by atoms with Crippen molar-refractivity contribution in [1.29, 1.82) is 0 Å². The van der Waals surface area contributed by atoms with E-state index in [2.05, 4.69) is 43.3 Å². The van der Waals surface area contributed by atoms with Crippen LogP contribution in [-0.4, -0.2) is 12.9 Å². The van der Waals surface area contributed by atoms with Crippen LogP contribution in [0.1, 0.15) is 61.6 Å². The molecule has 0 radical (unpaired) electrons. The van der Waals surface area contributed by atoms with Gasteiger partial charge in [-0.25, -0.2) is 0 Å². The summed E-state index contributed by atoms with van der Waals surface area (Å²) >= 11 is 0. The van der Waals surface area contributed by atoms with E-state index in [0.717, 1.165) is 49.0 Å². The van der Waals surface area contributed by atoms with Gasteiger partial charge in [0.05, 0.1) is 7.11 Å². The fourth-order valence-electron chi connectivity index (χ4n) is 6.50. The molecular formula is C27H30O2. The Morgan fingerprint density at radius 3 is 2.66 bits per heavy atom. The lowest BCUT2D eigenvalue weighted by molar-refractivity contribution is -0.134. The number of hydrogen-bond donors (Lipinski definition) is 0. The van der Waals surface area contributed by atoms with Crippen molar-refractivity contribution in [2.75, 3.05) is 7.11 Å². The average Bonchev–Trinajstić information content (AvgIpc) is 2.76. The molecule has 2 aromatic rings. The Morgan fingerprint density at radius 1 is 1.03 bits per heavy atom. The van der Waals surface area contributed by atoms with E-state index < -0.39 is 0 Å². The molecule has 3 aliphatic carbocycles. The summed E-state index contributed by atoms with van der Waals surface area (Å²) in [5.41, 5.74) is 4.97. The molecule has 0 amide bonds. The maximum atomic E-state index is 13.6. The first-order valence-electron chi connectivity index (χ1n) is 11.1. The highest BCUT2D eigenvalue weighted by Gasteiger charge is 2.53. The van der Waals surface area contributed by atoms with Crippen molar-refractivity contribution < 1.29 is 9.53 Å².